The Kier molecular flexibility index (Phi) is 4.89. The van der Waals surface area contributed by atoms with E-state index in [4.69, 9.17) is 0 Å². The molecule has 0 radical (unpaired) electrons. The zero-order valence-electron chi connectivity index (χ0n) is 9.79. The highest BCUT2D eigenvalue weighted by Gasteiger charge is 1.94. The third-order valence-electron chi connectivity index (χ3n) is 2.74. The van der Waals surface area contributed by atoms with E-state index in [1.165, 1.54) is 36.0 Å². The Balaban J connectivity index is 2.41. The van der Waals surface area contributed by atoms with E-state index in [0.29, 0.717) is 0 Å². The number of allylic oxidation sites excluding steroid dienone is 2. The van der Waals surface area contributed by atoms with E-state index in [1.54, 1.807) is 0 Å². The SMILES string of the molecule is C=Cc1ccc(CCC/C(C)=C/C)cc1. The van der Waals surface area contributed by atoms with E-state index in [9.17, 15) is 0 Å². The van der Waals surface area contributed by atoms with E-state index in [0.717, 1.165) is 0 Å². The molecule has 1 aromatic rings. The molecule has 0 nitrogen and oxygen atoms in total. The number of rotatable bonds is 5. The molecule has 0 aliphatic carbocycles. The van der Waals surface area contributed by atoms with E-state index in [-0.39, 0.29) is 0 Å². The molecule has 0 atom stereocenters. The maximum absolute atomic E-state index is 3.75. The number of hydrogen-bond donors (Lipinski definition) is 0. The van der Waals surface area contributed by atoms with Crippen LogP contribution in [-0.4, -0.2) is 0 Å². The summed E-state index contributed by atoms with van der Waals surface area (Å²) >= 11 is 0. The molecular formula is C15H20. The third kappa shape index (κ3) is 4.16. The standard InChI is InChI=1S/C15H20/c1-4-13(3)7-6-8-15-11-9-14(5-2)10-12-15/h4-5,9-12H,2,6-8H2,1,3H3/b13-4+. The fourth-order valence-electron chi connectivity index (χ4n) is 1.54. The highest BCUT2D eigenvalue weighted by atomic mass is 14.0. The zero-order chi connectivity index (χ0) is 11.1. The molecule has 0 N–H and O–H groups in total. The molecule has 0 aliphatic heterocycles. The van der Waals surface area contributed by atoms with Gasteiger partial charge in [0.05, 0.1) is 0 Å². The first-order chi connectivity index (χ1) is 7.26. The molecule has 0 aliphatic rings. The summed E-state index contributed by atoms with van der Waals surface area (Å²) in [6, 6.07) is 8.65. The molecule has 0 saturated carbocycles. The van der Waals surface area contributed by atoms with Crippen molar-refractivity contribution in [2.75, 3.05) is 0 Å². The van der Waals surface area contributed by atoms with Crippen molar-refractivity contribution >= 4 is 6.08 Å². The van der Waals surface area contributed by atoms with Crippen molar-refractivity contribution in [2.45, 2.75) is 33.1 Å². The summed E-state index contributed by atoms with van der Waals surface area (Å²) in [5, 5.41) is 0. The van der Waals surface area contributed by atoms with E-state index >= 15 is 0 Å². The smallest absolute Gasteiger partial charge is 0.0262 e. The Morgan fingerprint density at radius 3 is 2.47 bits per heavy atom. The van der Waals surface area contributed by atoms with Crippen molar-refractivity contribution in [2.24, 2.45) is 0 Å². The lowest BCUT2D eigenvalue weighted by Gasteiger charge is -2.02. The maximum atomic E-state index is 3.75. The maximum Gasteiger partial charge on any atom is -0.0262 e. The van der Waals surface area contributed by atoms with Crippen molar-refractivity contribution in [3.63, 3.8) is 0 Å². The monoisotopic (exact) mass is 200 g/mol. The van der Waals surface area contributed by atoms with Gasteiger partial charge in [0.1, 0.15) is 0 Å². The first-order valence-electron chi connectivity index (χ1n) is 5.59. The van der Waals surface area contributed by atoms with Crippen LogP contribution in [0.15, 0.2) is 42.5 Å². The lowest BCUT2D eigenvalue weighted by atomic mass is 10.0. The third-order valence-corrected chi connectivity index (χ3v) is 2.74. The van der Waals surface area contributed by atoms with Crippen molar-refractivity contribution in [1.82, 2.24) is 0 Å². The van der Waals surface area contributed by atoms with E-state index < -0.39 is 0 Å². The molecule has 15 heavy (non-hydrogen) atoms. The van der Waals surface area contributed by atoms with E-state index in [1.807, 2.05) is 6.08 Å². The van der Waals surface area contributed by atoms with Crippen molar-refractivity contribution in [3.05, 3.63) is 53.6 Å². The second-order valence-corrected chi connectivity index (χ2v) is 3.93. The molecule has 0 heteroatoms. The molecule has 0 unspecified atom stereocenters. The van der Waals surface area contributed by atoms with Gasteiger partial charge in [0, 0.05) is 0 Å². The molecule has 80 valence electrons. The summed E-state index contributed by atoms with van der Waals surface area (Å²) < 4.78 is 0. The molecule has 0 saturated heterocycles. The quantitative estimate of drug-likeness (QED) is 0.608. The van der Waals surface area contributed by atoms with Gasteiger partial charge in [-0.25, -0.2) is 0 Å². The number of aryl methyl sites for hydroxylation is 1. The Bertz CT molecular complexity index is 328. The highest BCUT2D eigenvalue weighted by Crippen LogP contribution is 2.11. The van der Waals surface area contributed by atoms with Crippen LogP contribution in [0.5, 0.6) is 0 Å². The molecule has 0 bridgehead atoms. The Hall–Kier alpha value is -1.30. The summed E-state index contributed by atoms with van der Waals surface area (Å²) in [4.78, 5) is 0. The summed E-state index contributed by atoms with van der Waals surface area (Å²) in [5.74, 6) is 0. The van der Waals surface area contributed by atoms with Gasteiger partial charge in [0.25, 0.3) is 0 Å². The molecule has 0 aromatic heterocycles. The fourth-order valence-corrected chi connectivity index (χ4v) is 1.54. The zero-order valence-corrected chi connectivity index (χ0v) is 9.79. The van der Waals surface area contributed by atoms with E-state index in [2.05, 4.69) is 50.8 Å². The first kappa shape index (κ1) is 11.8. The van der Waals surface area contributed by atoms with Gasteiger partial charge in [0.15, 0.2) is 0 Å². The largest absolute Gasteiger partial charge is 0.0985 e. The first-order valence-corrected chi connectivity index (χ1v) is 5.59. The minimum absolute atomic E-state index is 1.17. The molecule has 0 amide bonds. The lowest BCUT2D eigenvalue weighted by Crippen LogP contribution is -1.86. The van der Waals surface area contributed by atoms with Crippen LogP contribution < -0.4 is 0 Å². The summed E-state index contributed by atoms with van der Waals surface area (Å²) in [7, 11) is 0. The summed E-state index contributed by atoms with van der Waals surface area (Å²) in [5.41, 5.74) is 4.10. The predicted molar refractivity (Wildman–Crippen MR) is 68.9 cm³/mol. The minimum atomic E-state index is 1.17. The van der Waals surface area contributed by atoms with Gasteiger partial charge < -0.3 is 0 Å². The molecular weight excluding hydrogens is 180 g/mol. The molecule has 0 heterocycles. The average molecular weight is 200 g/mol. The lowest BCUT2D eigenvalue weighted by molar-refractivity contribution is 0.810. The van der Waals surface area contributed by atoms with Gasteiger partial charge in [-0.3, -0.25) is 0 Å². The van der Waals surface area contributed by atoms with Gasteiger partial charge in [0.2, 0.25) is 0 Å². The predicted octanol–water partition coefficient (Wildman–Crippen LogP) is 4.62. The van der Waals surface area contributed by atoms with Gasteiger partial charge >= 0.3 is 0 Å². The van der Waals surface area contributed by atoms with Crippen molar-refractivity contribution < 1.29 is 0 Å². The van der Waals surface area contributed by atoms with Crippen LogP contribution in [0.1, 0.15) is 37.8 Å². The highest BCUT2D eigenvalue weighted by molar-refractivity contribution is 5.47. The van der Waals surface area contributed by atoms with Gasteiger partial charge in [-0.2, -0.15) is 0 Å². The summed E-state index contributed by atoms with van der Waals surface area (Å²) in [6.45, 7) is 8.05. The molecule has 1 rings (SSSR count). The number of benzene rings is 1. The Morgan fingerprint density at radius 1 is 1.27 bits per heavy atom. The molecule has 0 fully saturated rings. The van der Waals surface area contributed by atoms with Crippen molar-refractivity contribution in [1.29, 1.82) is 0 Å². The van der Waals surface area contributed by atoms with Crippen LogP contribution in [0.3, 0.4) is 0 Å². The van der Waals surface area contributed by atoms with Crippen LogP contribution in [-0.2, 0) is 6.42 Å². The van der Waals surface area contributed by atoms with Gasteiger partial charge in [-0.05, 0) is 44.2 Å². The number of hydrogen-bond acceptors (Lipinski definition) is 0. The second kappa shape index (κ2) is 6.23. The molecule has 0 spiro atoms. The average Bonchev–Trinajstić information content (AvgIpc) is 2.29. The normalized spacial score (nSPS) is 11.5. The van der Waals surface area contributed by atoms with Crippen molar-refractivity contribution in [3.8, 4) is 0 Å². The fraction of sp³-hybridized carbons (Fsp3) is 0.333. The topological polar surface area (TPSA) is 0 Å². The van der Waals surface area contributed by atoms with Crippen LogP contribution in [0, 0.1) is 0 Å². The van der Waals surface area contributed by atoms with Crippen LogP contribution in [0.2, 0.25) is 0 Å². The minimum Gasteiger partial charge on any atom is -0.0985 e. The van der Waals surface area contributed by atoms with Gasteiger partial charge in [-0.1, -0.05) is 48.6 Å². The molecule has 1 aromatic carbocycles. The van der Waals surface area contributed by atoms with Crippen LogP contribution >= 0.6 is 0 Å². The van der Waals surface area contributed by atoms with Crippen LogP contribution in [0.25, 0.3) is 6.08 Å². The second-order valence-electron chi connectivity index (χ2n) is 3.93. The Morgan fingerprint density at radius 2 is 1.93 bits per heavy atom. The Labute approximate surface area is 93.3 Å². The van der Waals surface area contributed by atoms with Gasteiger partial charge in [-0.15, -0.1) is 0 Å². The summed E-state index contributed by atoms with van der Waals surface area (Å²) in [6.07, 6.45) is 7.69. The van der Waals surface area contributed by atoms with Crippen LogP contribution in [0.4, 0.5) is 0 Å².